The van der Waals surface area contributed by atoms with Crippen LogP contribution in [0, 0.1) is 23.2 Å². The fourth-order valence-corrected chi connectivity index (χ4v) is 7.14. The molecule has 0 unspecified atom stereocenters. The SMILES string of the molecule is Cn1c(=O)c2c(nc3n2CC(C24CC5CC(CC(C5)C2)C4)=NN3CCO)n(C)c1=O. The maximum absolute atomic E-state index is 13.0. The molecule has 0 atom stereocenters. The van der Waals surface area contributed by atoms with Crippen molar-refractivity contribution in [1.82, 2.24) is 18.7 Å². The molecule has 0 spiro atoms. The Morgan fingerprint density at radius 3 is 2.27 bits per heavy atom. The highest BCUT2D eigenvalue weighted by Gasteiger charge is 2.54. The fourth-order valence-electron chi connectivity index (χ4n) is 7.14. The summed E-state index contributed by atoms with van der Waals surface area (Å²) in [7, 11) is 3.15. The minimum absolute atomic E-state index is 0.0577. The van der Waals surface area contributed by atoms with Crippen LogP contribution < -0.4 is 16.3 Å². The van der Waals surface area contributed by atoms with Crippen molar-refractivity contribution < 1.29 is 5.11 Å². The number of nitrogens with zero attached hydrogens (tertiary/aromatic N) is 6. The highest BCUT2D eigenvalue weighted by molar-refractivity contribution is 5.94. The van der Waals surface area contributed by atoms with Crippen molar-refractivity contribution in [2.75, 3.05) is 18.2 Å². The molecule has 4 saturated carbocycles. The van der Waals surface area contributed by atoms with Crippen molar-refractivity contribution in [2.45, 2.75) is 45.1 Å². The molecule has 1 aliphatic heterocycles. The summed E-state index contributed by atoms with van der Waals surface area (Å²) < 4.78 is 4.49. The first-order chi connectivity index (χ1) is 14.4. The van der Waals surface area contributed by atoms with Crippen LogP contribution in [0.5, 0.6) is 0 Å². The molecular formula is C21H28N6O3. The van der Waals surface area contributed by atoms with Crippen LogP contribution in [0.15, 0.2) is 14.7 Å². The van der Waals surface area contributed by atoms with Crippen molar-refractivity contribution in [3.8, 4) is 0 Å². The molecule has 0 aromatic carbocycles. The predicted octanol–water partition coefficient (Wildman–Crippen LogP) is 0.818. The fraction of sp³-hybridized carbons (Fsp3) is 0.714. The van der Waals surface area contributed by atoms with E-state index in [2.05, 4.69) is 4.98 Å². The lowest BCUT2D eigenvalue weighted by molar-refractivity contribution is -0.0139. The molecule has 9 heteroatoms. The van der Waals surface area contributed by atoms with Gasteiger partial charge in [-0.25, -0.2) is 9.80 Å². The molecule has 30 heavy (non-hydrogen) atoms. The molecule has 0 saturated heterocycles. The molecule has 160 valence electrons. The standard InChI is InChI=1S/C21H28N6O3/c1-24-17-16(18(29)25(2)20(24)30)26-11-15(23-27(3-4-28)19(26)22-17)21-8-12-5-13(9-21)7-14(6-12)10-21/h12-14,28H,3-11H2,1-2H3. The van der Waals surface area contributed by atoms with E-state index in [1.807, 2.05) is 4.57 Å². The summed E-state index contributed by atoms with van der Waals surface area (Å²) >= 11 is 0. The zero-order chi connectivity index (χ0) is 20.8. The third kappa shape index (κ3) is 2.32. The highest BCUT2D eigenvalue weighted by Crippen LogP contribution is 2.61. The van der Waals surface area contributed by atoms with Gasteiger partial charge in [-0.15, -0.1) is 0 Å². The Morgan fingerprint density at radius 1 is 1.03 bits per heavy atom. The second kappa shape index (κ2) is 6.06. The lowest BCUT2D eigenvalue weighted by Crippen LogP contribution is -2.52. The molecule has 2 aromatic heterocycles. The van der Waals surface area contributed by atoms with Gasteiger partial charge < -0.3 is 5.11 Å². The average Bonchev–Trinajstić information content (AvgIpc) is 3.10. The molecule has 4 aliphatic carbocycles. The summed E-state index contributed by atoms with van der Waals surface area (Å²) in [6.45, 7) is 0.790. The van der Waals surface area contributed by atoms with Gasteiger partial charge in [0.1, 0.15) is 0 Å². The van der Waals surface area contributed by atoms with Crippen molar-refractivity contribution >= 4 is 22.8 Å². The number of rotatable bonds is 3. The lowest BCUT2D eigenvalue weighted by Gasteiger charge is -2.57. The number of aliphatic hydroxyl groups excluding tert-OH is 1. The monoisotopic (exact) mass is 412 g/mol. The number of hydrogen-bond acceptors (Lipinski definition) is 6. The van der Waals surface area contributed by atoms with E-state index in [1.165, 1.54) is 50.1 Å². The van der Waals surface area contributed by atoms with Crippen LogP contribution in [0.4, 0.5) is 5.95 Å². The number of hydrazone groups is 1. The number of β-amino-alcohol motifs (C(OH)–C–C–N with tert-alkyl or cyclic N) is 1. The van der Waals surface area contributed by atoms with Crippen molar-refractivity contribution in [3.63, 3.8) is 0 Å². The van der Waals surface area contributed by atoms with E-state index < -0.39 is 0 Å². The largest absolute Gasteiger partial charge is 0.394 e. The minimum Gasteiger partial charge on any atom is -0.394 e. The van der Waals surface area contributed by atoms with E-state index >= 15 is 0 Å². The Hall–Kier alpha value is -2.42. The summed E-state index contributed by atoms with van der Waals surface area (Å²) in [5.41, 5.74) is 1.32. The van der Waals surface area contributed by atoms with Gasteiger partial charge in [0.25, 0.3) is 5.56 Å². The molecule has 7 rings (SSSR count). The highest BCUT2D eigenvalue weighted by atomic mass is 16.3. The van der Waals surface area contributed by atoms with E-state index in [-0.39, 0.29) is 23.3 Å². The van der Waals surface area contributed by atoms with Gasteiger partial charge in [-0.05, 0) is 56.3 Å². The van der Waals surface area contributed by atoms with E-state index in [4.69, 9.17) is 5.10 Å². The van der Waals surface area contributed by atoms with Crippen LogP contribution in [-0.2, 0) is 20.6 Å². The zero-order valence-electron chi connectivity index (χ0n) is 17.5. The molecule has 2 aromatic rings. The molecule has 3 heterocycles. The number of imidazole rings is 1. The van der Waals surface area contributed by atoms with Crippen LogP contribution in [0.25, 0.3) is 11.2 Å². The van der Waals surface area contributed by atoms with Gasteiger partial charge in [0.15, 0.2) is 11.2 Å². The van der Waals surface area contributed by atoms with Gasteiger partial charge in [-0.1, -0.05) is 0 Å². The molecule has 5 aliphatic rings. The van der Waals surface area contributed by atoms with Crippen LogP contribution in [0.2, 0.25) is 0 Å². The summed E-state index contributed by atoms with van der Waals surface area (Å²) in [6.07, 6.45) is 7.62. The van der Waals surface area contributed by atoms with E-state index in [0.717, 1.165) is 28.0 Å². The number of anilines is 1. The lowest BCUT2D eigenvalue weighted by atomic mass is 9.48. The summed E-state index contributed by atoms with van der Waals surface area (Å²) in [5, 5.41) is 16.4. The van der Waals surface area contributed by atoms with Gasteiger partial charge in [0, 0.05) is 19.5 Å². The summed E-state index contributed by atoms with van der Waals surface area (Å²) in [6, 6.07) is 0. The topological polar surface area (TPSA) is 97.7 Å². The maximum atomic E-state index is 13.0. The Morgan fingerprint density at radius 2 is 1.67 bits per heavy atom. The summed E-state index contributed by atoms with van der Waals surface area (Å²) in [5.74, 6) is 2.91. The van der Waals surface area contributed by atoms with Gasteiger partial charge in [0.05, 0.1) is 25.4 Å². The second-order valence-electron chi connectivity index (χ2n) is 9.97. The Kier molecular flexibility index (Phi) is 3.71. The van der Waals surface area contributed by atoms with E-state index in [0.29, 0.717) is 30.2 Å². The molecule has 1 N–H and O–H groups in total. The number of hydrogen-bond donors (Lipinski definition) is 1. The van der Waals surface area contributed by atoms with Crippen LogP contribution >= 0.6 is 0 Å². The Bertz CT molecular complexity index is 1170. The maximum Gasteiger partial charge on any atom is 0.332 e. The molecule has 0 radical (unpaired) electrons. The molecular weight excluding hydrogens is 384 g/mol. The molecule has 4 fully saturated rings. The van der Waals surface area contributed by atoms with Crippen LogP contribution in [0.3, 0.4) is 0 Å². The number of fused-ring (bicyclic) bond motifs is 3. The normalized spacial score (nSPS) is 32.0. The first-order valence-electron chi connectivity index (χ1n) is 11.0. The Labute approximate surface area is 173 Å². The third-order valence-corrected chi connectivity index (χ3v) is 8.07. The van der Waals surface area contributed by atoms with E-state index in [1.54, 1.807) is 12.1 Å². The van der Waals surface area contributed by atoms with Gasteiger partial charge >= 0.3 is 5.69 Å². The average molecular weight is 412 g/mol. The predicted molar refractivity (Wildman–Crippen MR) is 113 cm³/mol. The molecule has 4 bridgehead atoms. The first kappa shape index (κ1) is 18.4. The van der Waals surface area contributed by atoms with Crippen LogP contribution in [0.1, 0.15) is 38.5 Å². The second-order valence-corrected chi connectivity index (χ2v) is 9.97. The van der Waals surface area contributed by atoms with Crippen molar-refractivity contribution in [1.29, 1.82) is 0 Å². The van der Waals surface area contributed by atoms with E-state index in [9.17, 15) is 14.7 Å². The quantitative estimate of drug-likeness (QED) is 0.805. The van der Waals surface area contributed by atoms with Crippen molar-refractivity contribution in [3.05, 3.63) is 20.8 Å². The number of aryl methyl sites for hydroxylation is 1. The van der Waals surface area contributed by atoms with Gasteiger partial charge in [-0.2, -0.15) is 10.1 Å². The zero-order valence-corrected chi connectivity index (χ0v) is 17.5. The van der Waals surface area contributed by atoms with Crippen LogP contribution in [-0.4, -0.2) is 42.7 Å². The van der Waals surface area contributed by atoms with Crippen molar-refractivity contribution in [2.24, 2.45) is 42.4 Å². The Balaban J connectivity index is 1.53. The smallest absolute Gasteiger partial charge is 0.332 e. The molecule has 0 amide bonds. The van der Waals surface area contributed by atoms with Gasteiger partial charge in [0.2, 0.25) is 5.95 Å². The third-order valence-electron chi connectivity index (χ3n) is 8.07. The molecule has 9 nitrogen and oxygen atoms in total. The number of aromatic nitrogens is 4. The number of aliphatic hydroxyl groups is 1. The summed E-state index contributed by atoms with van der Waals surface area (Å²) in [4.78, 5) is 30.1. The minimum atomic E-state index is -0.390. The first-order valence-corrected chi connectivity index (χ1v) is 11.0. The van der Waals surface area contributed by atoms with Gasteiger partial charge in [-0.3, -0.25) is 18.5 Å².